The second-order valence-electron chi connectivity index (χ2n) is 32.1. The fraction of sp³-hybridized carbons (Fsp3) is 0.0270. The number of benzene rings is 13. The van der Waals surface area contributed by atoms with Crippen molar-refractivity contribution in [2.75, 3.05) is 0 Å². The molecule has 12 aromatic heterocycles. The highest BCUT2D eigenvalue weighted by Crippen LogP contribution is 2.51. The SMILES string of the molecule is CC1(C)c2ccccc2-c2cc3c(cc21)c1ccccc1n3-c1cc2cc3ccccc3cn2n1.c1ccc(-c2cc(-c3cc4cc5ccccc5cn4n3)cc(-c3ccccc3)n2)cc1.c1ccc(-c2cc(-c3ccccc3)nc(-c3cc4cc5ccccc5cn4n3)c2)cc1.c1ccc2cn3nc(-c4cccc5c4sc4ccccc45)cc3cc2c1. The van der Waals surface area contributed by atoms with Crippen molar-refractivity contribution < 1.29 is 0 Å². The molecule has 13 aromatic carbocycles. The third-order valence-electron chi connectivity index (χ3n) is 24.1. The van der Waals surface area contributed by atoms with E-state index in [0.717, 1.165) is 101 Å². The Bertz CT molecular complexity index is 7860. The van der Waals surface area contributed by atoms with Gasteiger partial charge < -0.3 is 0 Å². The number of hydrogen-bond donors (Lipinski definition) is 0. The van der Waals surface area contributed by atoms with Crippen LogP contribution >= 0.6 is 11.3 Å². The summed E-state index contributed by atoms with van der Waals surface area (Å²) in [7, 11) is 0. The lowest BCUT2D eigenvalue weighted by Crippen LogP contribution is -2.14. The molecule has 0 saturated carbocycles. The summed E-state index contributed by atoms with van der Waals surface area (Å²) < 4.78 is 12.9. The van der Waals surface area contributed by atoms with Crippen LogP contribution in [0, 0.1) is 0 Å². The van der Waals surface area contributed by atoms with Crippen LogP contribution in [0.15, 0.2) is 419 Å². The number of para-hydroxylation sites is 1. The summed E-state index contributed by atoms with van der Waals surface area (Å²) in [4.78, 5) is 9.95. The zero-order chi connectivity index (χ0) is 81.6. The molecule has 0 amide bonds. The molecule has 0 N–H and O–H groups in total. The predicted molar refractivity (Wildman–Crippen MR) is 509 cm³/mol. The average Bonchev–Trinajstić information content (AvgIpc) is 1.54. The van der Waals surface area contributed by atoms with Crippen molar-refractivity contribution in [1.29, 1.82) is 0 Å². The van der Waals surface area contributed by atoms with Gasteiger partial charge in [0.2, 0.25) is 0 Å². The highest BCUT2D eigenvalue weighted by Gasteiger charge is 2.36. The molecule has 0 atom stereocenters. The van der Waals surface area contributed by atoms with Crippen LogP contribution in [0.5, 0.6) is 0 Å². The quantitative estimate of drug-likeness (QED) is 0.150. The molecule has 0 bridgehead atoms. The summed E-state index contributed by atoms with van der Waals surface area (Å²) >= 11 is 1.85. The Kier molecular flexibility index (Phi) is 17.5. The minimum atomic E-state index is -0.0213. The van der Waals surface area contributed by atoms with Crippen LogP contribution in [0.25, 0.3) is 203 Å². The number of aromatic nitrogens is 11. The van der Waals surface area contributed by atoms with E-state index in [4.69, 9.17) is 30.4 Å². The number of rotatable bonds is 8. The second-order valence-corrected chi connectivity index (χ2v) is 33.2. The first-order valence-electron chi connectivity index (χ1n) is 41.5. The lowest BCUT2D eigenvalue weighted by Gasteiger charge is -2.21. The number of nitrogens with zero attached hydrogens (tertiary/aromatic N) is 11. The van der Waals surface area contributed by atoms with Gasteiger partial charge in [0.25, 0.3) is 0 Å². The standard InChI is InChI=1S/C32H23N3.2C28H19N3.C23H14N2S/c1-32(2)27-13-7-5-11-23(27)25-18-30-26(17-28(25)32)24-12-6-8-14-29(24)35(30)31-16-22-15-20-9-3-4-10-21(20)19-34(22)33-31;1-3-9-20(10-4-1)26-16-24(17-27(29-26)21-11-5-2-6-12-21)28-18-25-15-22-13-7-8-14-23(22)19-31(25)30-28;1-3-9-20(10-4-1)24-16-26(21-11-5-2-6-12-21)29-27(17-24)28-18-25-15-22-13-7-8-14-23(22)19-31(25)30-28;1-2-7-16-14-25-17(12-15(16)6-1)13-21(24-25)20-10-5-9-19-18-8-3-4-11-22(18)26-23(19)20/h3-19H,1-2H3;2*1-19H;1-14H. The summed E-state index contributed by atoms with van der Waals surface area (Å²) in [5, 5.41) is 34.5. The lowest BCUT2D eigenvalue weighted by molar-refractivity contribution is 0.661. The number of fused-ring (bicyclic) bond motifs is 17. The maximum Gasteiger partial charge on any atom is 0.160 e. The first-order chi connectivity index (χ1) is 60.6. The van der Waals surface area contributed by atoms with Crippen molar-refractivity contribution in [3.05, 3.63) is 430 Å². The van der Waals surface area contributed by atoms with E-state index < -0.39 is 0 Å². The maximum absolute atomic E-state index is 5.05. The average molecular weight is 1590 g/mol. The first-order valence-corrected chi connectivity index (χ1v) is 42.3. The van der Waals surface area contributed by atoms with Crippen molar-refractivity contribution in [2.45, 2.75) is 19.3 Å². The van der Waals surface area contributed by atoms with Crippen LogP contribution in [-0.4, -0.2) is 53.0 Å². The van der Waals surface area contributed by atoms with Crippen molar-refractivity contribution >= 4 is 118 Å². The predicted octanol–water partition coefficient (Wildman–Crippen LogP) is 28.2. The van der Waals surface area contributed by atoms with E-state index >= 15 is 0 Å². The molecule has 12 heteroatoms. The van der Waals surface area contributed by atoms with Crippen LogP contribution in [-0.2, 0) is 5.41 Å². The molecule has 123 heavy (non-hydrogen) atoms. The molecule has 1 aliphatic rings. The van der Waals surface area contributed by atoms with Gasteiger partial charge in [-0.1, -0.05) is 311 Å². The van der Waals surface area contributed by atoms with Crippen molar-refractivity contribution in [3.63, 3.8) is 0 Å². The Labute approximate surface area is 711 Å². The first kappa shape index (κ1) is 72.2. The molecule has 11 nitrogen and oxygen atoms in total. The Morgan fingerprint density at radius 3 is 1.21 bits per heavy atom. The normalized spacial score (nSPS) is 12.2. The van der Waals surface area contributed by atoms with E-state index in [0.29, 0.717) is 0 Å². The molecule has 1 aliphatic carbocycles. The molecule has 0 saturated heterocycles. The van der Waals surface area contributed by atoms with Gasteiger partial charge in [-0.3, -0.25) is 4.57 Å². The highest BCUT2D eigenvalue weighted by atomic mass is 32.1. The summed E-state index contributed by atoms with van der Waals surface area (Å²) in [6.07, 6.45) is 8.40. The number of hydrogen-bond acceptors (Lipinski definition) is 7. The molecule has 0 unspecified atom stereocenters. The van der Waals surface area contributed by atoms with Crippen LogP contribution in [0.4, 0.5) is 0 Å². The van der Waals surface area contributed by atoms with Crippen molar-refractivity contribution in [3.8, 4) is 95.7 Å². The molecule has 0 spiro atoms. The van der Waals surface area contributed by atoms with Gasteiger partial charge in [0.1, 0.15) is 5.69 Å². The Hall–Kier alpha value is -16.0. The largest absolute Gasteiger partial charge is 0.292 e. The number of pyridine rings is 6. The summed E-state index contributed by atoms with van der Waals surface area (Å²) in [6.45, 7) is 4.69. The third kappa shape index (κ3) is 13.2. The fourth-order valence-electron chi connectivity index (χ4n) is 17.9. The van der Waals surface area contributed by atoms with E-state index in [1.807, 2.05) is 90.1 Å². The Morgan fingerprint density at radius 1 is 0.236 bits per heavy atom. The molecule has 12 heterocycles. The molecule has 26 rings (SSSR count). The molecule has 0 aliphatic heterocycles. The van der Waals surface area contributed by atoms with Gasteiger partial charge in [-0.05, 0) is 146 Å². The second kappa shape index (κ2) is 29.8. The summed E-state index contributed by atoms with van der Waals surface area (Å²) in [5.74, 6) is 0.942. The summed E-state index contributed by atoms with van der Waals surface area (Å²) in [5.41, 5.74) is 26.5. The minimum absolute atomic E-state index is 0.0213. The summed E-state index contributed by atoms with van der Waals surface area (Å²) in [6, 6.07) is 138. The molecule has 0 fully saturated rings. The van der Waals surface area contributed by atoms with Gasteiger partial charge in [0.15, 0.2) is 5.82 Å². The van der Waals surface area contributed by atoms with Gasteiger partial charge in [0.05, 0.1) is 67.3 Å². The van der Waals surface area contributed by atoms with E-state index in [1.165, 1.54) is 113 Å². The Morgan fingerprint density at radius 2 is 0.642 bits per heavy atom. The van der Waals surface area contributed by atoms with Crippen molar-refractivity contribution in [1.82, 2.24) is 53.0 Å². The van der Waals surface area contributed by atoms with Crippen LogP contribution in [0.3, 0.4) is 0 Å². The van der Waals surface area contributed by atoms with E-state index in [1.54, 1.807) is 0 Å². The molecule has 25 aromatic rings. The van der Waals surface area contributed by atoms with Gasteiger partial charge in [0, 0.05) is 117 Å². The molecule has 0 radical (unpaired) electrons. The van der Waals surface area contributed by atoms with E-state index in [-0.39, 0.29) is 5.41 Å². The van der Waals surface area contributed by atoms with E-state index in [9.17, 15) is 0 Å². The fourth-order valence-corrected chi connectivity index (χ4v) is 19.2. The van der Waals surface area contributed by atoms with Crippen molar-refractivity contribution in [2.24, 2.45) is 0 Å². The zero-order valence-corrected chi connectivity index (χ0v) is 68.0. The van der Waals surface area contributed by atoms with Gasteiger partial charge in [-0.15, -0.1) is 16.4 Å². The molecular weight excluding hydrogens is 1520 g/mol. The maximum atomic E-state index is 5.05. The topological polar surface area (TPSA) is 99.9 Å². The molecular formula is C111H75N11S. The van der Waals surface area contributed by atoms with E-state index in [2.05, 4.69) is 377 Å². The van der Waals surface area contributed by atoms with Crippen LogP contribution < -0.4 is 0 Å². The van der Waals surface area contributed by atoms with Gasteiger partial charge in [-0.25, -0.2) is 28.0 Å². The lowest BCUT2D eigenvalue weighted by atomic mass is 9.82. The molecule has 580 valence electrons. The Balaban J connectivity index is 0.0000000954. The van der Waals surface area contributed by atoms with Crippen LogP contribution in [0.1, 0.15) is 25.0 Å². The zero-order valence-electron chi connectivity index (χ0n) is 67.2. The van der Waals surface area contributed by atoms with Crippen LogP contribution in [0.2, 0.25) is 0 Å². The van der Waals surface area contributed by atoms with Gasteiger partial charge >= 0.3 is 0 Å². The third-order valence-corrected chi connectivity index (χ3v) is 25.3. The monoisotopic (exact) mass is 1590 g/mol. The van der Waals surface area contributed by atoms with Gasteiger partial charge in [-0.2, -0.15) is 15.3 Å². The smallest absolute Gasteiger partial charge is 0.160 e. The minimum Gasteiger partial charge on any atom is -0.292 e. The highest BCUT2D eigenvalue weighted by molar-refractivity contribution is 7.26. The number of thiophene rings is 1.